The van der Waals surface area contributed by atoms with E-state index < -0.39 is 0 Å². The fraction of sp³-hybridized carbons (Fsp3) is 0.333. The quantitative estimate of drug-likeness (QED) is 0.334. The maximum atomic E-state index is 3.74. The van der Waals surface area contributed by atoms with Gasteiger partial charge in [-0.1, -0.05) is 0 Å². The first kappa shape index (κ1) is 29.9. The van der Waals surface area contributed by atoms with Crippen molar-refractivity contribution in [2.75, 3.05) is 13.3 Å². The van der Waals surface area contributed by atoms with E-state index in [9.17, 15) is 0 Å². The van der Waals surface area contributed by atoms with E-state index in [1.165, 1.54) is 0 Å². The molecule has 2 heterocycles. The summed E-state index contributed by atoms with van der Waals surface area (Å²) in [6.45, 7) is 1.28. The molecule has 15 heavy (non-hydrogen) atoms. The Morgan fingerprint density at radius 3 is 0.867 bits per heavy atom. The second-order valence-corrected chi connectivity index (χ2v) is 1.61. The third kappa shape index (κ3) is 21.3. The predicted octanol–water partition coefficient (Wildman–Crippen LogP) is 3.78. The van der Waals surface area contributed by atoms with Crippen molar-refractivity contribution >= 4 is 0 Å². The molecule has 0 aromatic heterocycles. The first-order valence-electron chi connectivity index (χ1n) is 2.96. The van der Waals surface area contributed by atoms with Crippen molar-refractivity contribution in [3.05, 3.63) is 58.4 Å². The number of rotatable bonds is 0. The molecule has 2 aliphatic rings. The third-order valence-electron chi connectivity index (χ3n) is 0.882. The van der Waals surface area contributed by atoms with E-state index in [1.807, 2.05) is 0 Å². The summed E-state index contributed by atoms with van der Waals surface area (Å²) in [4.78, 5) is 0. The SMILES string of the molecule is C1=C[N-]C[N-]1.C1=C[N-]C[N-]1.[Hg+].[Hg+].[Hg].[NH2-].[NH2-]. The van der Waals surface area contributed by atoms with Crippen LogP contribution in [0, 0.1) is 0 Å². The van der Waals surface area contributed by atoms with Gasteiger partial charge in [-0.15, -0.1) is 0 Å². The Balaban J connectivity index is -0.0000000333. The smallest absolute Gasteiger partial charge is 0.707 e. The van der Waals surface area contributed by atoms with Gasteiger partial charge in [0, 0.05) is 27.7 Å². The largest absolute Gasteiger partial charge is 1.00 e. The van der Waals surface area contributed by atoms with Crippen LogP contribution in [-0.4, -0.2) is 13.3 Å². The van der Waals surface area contributed by atoms with Gasteiger partial charge in [-0.2, -0.15) is 0 Å². The van der Waals surface area contributed by atoms with Crippen LogP contribution in [0.15, 0.2) is 24.8 Å². The van der Waals surface area contributed by atoms with Crippen LogP contribution in [0.5, 0.6) is 0 Å². The van der Waals surface area contributed by atoms with Crippen LogP contribution < -0.4 is 0 Å². The maximum Gasteiger partial charge on any atom is 1.00 e. The van der Waals surface area contributed by atoms with Crippen molar-refractivity contribution in [3.8, 4) is 0 Å². The molecule has 0 amide bonds. The molecule has 4 N–H and O–H groups in total. The van der Waals surface area contributed by atoms with Gasteiger partial charge in [-0.3, -0.25) is 0 Å². The predicted molar refractivity (Wildman–Crippen MR) is 52.0 cm³/mol. The van der Waals surface area contributed by atoms with Gasteiger partial charge in [0.15, 0.2) is 0 Å². The van der Waals surface area contributed by atoms with Crippen molar-refractivity contribution in [1.29, 1.82) is 0 Å². The average Bonchev–Trinajstić information content (AvgIpc) is 2.67. The number of hydrogen-bond donors (Lipinski definition) is 0. The molecule has 0 atom stereocenters. The zero-order chi connectivity index (χ0) is 7.07. The third-order valence-corrected chi connectivity index (χ3v) is 0.882. The Morgan fingerprint density at radius 1 is 0.600 bits per heavy atom. The molecule has 76 valence electrons. The van der Waals surface area contributed by atoms with Crippen molar-refractivity contribution in [2.24, 2.45) is 0 Å². The van der Waals surface area contributed by atoms with Crippen LogP contribution in [0.1, 0.15) is 0 Å². The minimum absolute atomic E-state index is 0. The van der Waals surface area contributed by atoms with Crippen molar-refractivity contribution in [1.82, 2.24) is 0 Å². The zero-order valence-electron chi connectivity index (χ0n) is 8.79. The molecule has 0 fully saturated rings. The Labute approximate surface area is 153 Å². The van der Waals surface area contributed by atoms with E-state index in [0.717, 1.165) is 0 Å². The number of nitrogens with zero attached hydrogens (tertiary/aromatic N) is 4. The summed E-state index contributed by atoms with van der Waals surface area (Å²) in [6, 6.07) is 0. The van der Waals surface area contributed by atoms with Crippen LogP contribution in [0.25, 0.3) is 33.6 Å². The molecule has 0 unspecified atom stereocenters. The minimum atomic E-state index is 0. The molecule has 0 saturated heterocycles. The molecule has 2 radical (unpaired) electrons. The van der Waals surface area contributed by atoms with E-state index in [4.69, 9.17) is 0 Å². The molecular weight excluding hydrogens is 758 g/mol. The second kappa shape index (κ2) is 24.6. The van der Waals surface area contributed by atoms with E-state index in [-0.39, 0.29) is 95.3 Å². The van der Waals surface area contributed by atoms with Gasteiger partial charge >= 0.3 is 55.3 Å². The molecular formula is C6H12Hg3N6-4. The molecule has 0 spiro atoms. The fourth-order valence-electron chi connectivity index (χ4n) is 0.471. The molecule has 0 aromatic carbocycles. The van der Waals surface area contributed by atoms with Crippen molar-refractivity contribution in [3.63, 3.8) is 0 Å². The van der Waals surface area contributed by atoms with E-state index in [2.05, 4.69) is 21.3 Å². The Bertz CT molecular complexity index is 115. The molecule has 2 rings (SSSR count). The Morgan fingerprint density at radius 2 is 0.800 bits per heavy atom. The summed E-state index contributed by atoms with van der Waals surface area (Å²) in [5.74, 6) is 0. The summed E-state index contributed by atoms with van der Waals surface area (Å²) < 4.78 is 0. The summed E-state index contributed by atoms with van der Waals surface area (Å²) in [5.41, 5.74) is 0. The van der Waals surface area contributed by atoms with Crippen molar-refractivity contribution in [2.45, 2.75) is 0 Å². The first-order chi connectivity index (χ1) is 5.00. The monoisotopic (exact) mass is 774 g/mol. The van der Waals surface area contributed by atoms with Crippen LogP contribution in [0.3, 0.4) is 0 Å². The summed E-state index contributed by atoms with van der Waals surface area (Å²) in [7, 11) is 0. The molecule has 0 saturated carbocycles. The fourth-order valence-corrected chi connectivity index (χ4v) is 0.471. The summed E-state index contributed by atoms with van der Waals surface area (Å²) in [5, 5.41) is 14.9. The molecule has 2 aliphatic heterocycles. The van der Waals surface area contributed by atoms with Crippen LogP contribution in [-0.2, 0) is 83.0 Å². The van der Waals surface area contributed by atoms with Crippen LogP contribution in [0.4, 0.5) is 0 Å². The minimum Gasteiger partial charge on any atom is -0.707 e. The Kier molecular flexibility index (Phi) is 49.0. The van der Waals surface area contributed by atoms with Gasteiger partial charge in [0.05, 0.1) is 0 Å². The van der Waals surface area contributed by atoms with Gasteiger partial charge in [0.1, 0.15) is 0 Å². The number of hydrogen-bond acceptors (Lipinski definition) is 0. The average molecular weight is 770 g/mol. The molecule has 0 aliphatic carbocycles. The zero-order valence-corrected chi connectivity index (χ0v) is 25.3. The van der Waals surface area contributed by atoms with Gasteiger partial charge in [0.2, 0.25) is 0 Å². The van der Waals surface area contributed by atoms with Crippen LogP contribution >= 0.6 is 0 Å². The molecule has 0 bridgehead atoms. The maximum absolute atomic E-state index is 3.74. The Hall–Kier alpha value is 1.41. The van der Waals surface area contributed by atoms with Gasteiger partial charge in [0.25, 0.3) is 0 Å². The first-order valence-corrected chi connectivity index (χ1v) is 2.96. The molecule has 0 aromatic rings. The summed E-state index contributed by atoms with van der Waals surface area (Å²) >= 11 is 0. The summed E-state index contributed by atoms with van der Waals surface area (Å²) in [6.07, 6.45) is 6.78. The standard InChI is InChI=1S/2C3H4N2.3Hg.2H2N/c2*1-2-5-3-4-1;;;;;/h2*1-2H,3H2;;;;2*1H2/q2*-2;;2*+1;2*-1. The van der Waals surface area contributed by atoms with Gasteiger partial charge < -0.3 is 33.6 Å². The topological polar surface area (TPSA) is 123 Å². The number of nitrogens with two attached hydrogens (primary N) is 2. The van der Waals surface area contributed by atoms with E-state index in [1.54, 1.807) is 24.8 Å². The molecule has 6 nitrogen and oxygen atoms in total. The normalized spacial score (nSPS) is 11.7. The van der Waals surface area contributed by atoms with E-state index in [0.29, 0.717) is 13.3 Å². The van der Waals surface area contributed by atoms with Gasteiger partial charge in [-0.25, -0.2) is 38.1 Å². The van der Waals surface area contributed by atoms with Crippen molar-refractivity contribution < 1.29 is 83.0 Å². The molecule has 9 heteroatoms. The van der Waals surface area contributed by atoms with E-state index >= 15 is 0 Å². The van der Waals surface area contributed by atoms with Crippen LogP contribution in [0.2, 0.25) is 0 Å². The second-order valence-electron chi connectivity index (χ2n) is 1.61. The van der Waals surface area contributed by atoms with Gasteiger partial charge in [-0.05, 0) is 0 Å².